The maximum absolute atomic E-state index is 13.2. The van der Waals surface area contributed by atoms with E-state index in [2.05, 4.69) is 30.9 Å². The summed E-state index contributed by atoms with van der Waals surface area (Å²) in [6.45, 7) is 2.17. The van der Waals surface area contributed by atoms with Crippen molar-refractivity contribution in [1.82, 2.24) is 0 Å². The van der Waals surface area contributed by atoms with Crippen LogP contribution >= 0.6 is 0 Å². The van der Waals surface area contributed by atoms with Crippen molar-refractivity contribution < 1.29 is 18.3 Å². The zero-order chi connectivity index (χ0) is 20.6. The first-order chi connectivity index (χ1) is 14.0. The predicted octanol–water partition coefficient (Wildman–Crippen LogP) is 5.93. The van der Waals surface area contributed by atoms with Gasteiger partial charge in [-0.2, -0.15) is 0 Å². The molecule has 0 saturated carbocycles. The molecular formula is C25H20F2O2. The topological polar surface area (TPSA) is 26.3 Å². The molecule has 0 fully saturated rings. The van der Waals surface area contributed by atoms with Gasteiger partial charge in [-0.25, -0.2) is 13.6 Å². The van der Waals surface area contributed by atoms with Gasteiger partial charge < -0.3 is 4.74 Å². The zero-order valence-corrected chi connectivity index (χ0v) is 16.0. The molecule has 4 heteroatoms. The molecule has 29 heavy (non-hydrogen) atoms. The van der Waals surface area contributed by atoms with Gasteiger partial charge in [0.15, 0.2) is 11.6 Å². The van der Waals surface area contributed by atoms with Gasteiger partial charge in [0, 0.05) is 17.2 Å². The molecule has 3 rings (SSSR count). The standard InChI is InChI=1S/C25H20F2O2/c1-2-3-4-18-5-7-19(8-6-18)9-10-20-11-13-21(14-12-20)25(28)29-22-15-16-23(26)24(27)17-22/h5-8,11-17H,2-4H2,1H3. The van der Waals surface area contributed by atoms with E-state index in [0.717, 1.165) is 29.7 Å². The highest BCUT2D eigenvalue weighted by Crippen LogP contribution is 2.17. The number of rotatable bonds is 5. The zero-order valence-electron chi connectivity index (χ0n) is 16.0. The normalized spacial score (nSPS) is 10.2. The smallest absolute Gasteiger partial charge is 0.343 e. The molecular weight excluding hydrogens is 370 g/mol. The first-order valence-electron chi connectivity index (χ1n) is 9.43. The minimum atomic E-state index is -1.07. The van der Waals surface area contributed by atoms with E-state index in [9.17, 15) is 13.6 Å². The summed E-state index contributed by atoms with van der Waals surface area (Å²) in [5, 5.41) is 0. The van der Waals surface area contributed by atoms with Gasteiger partial charge in [0.1, 0.15) is 5.75 Å². The minimum Gasteiger partial charge on any atom is -0.423 e. The lowest BCUT2D eigenvalue weighted by Crippen LogP contribution is -2.08. The molecule has 0 aliphatic carbocycles. The van der Waals surface area contributed by atoms with Crippen LogP contribution in [0.5, 0.6) is 5.75 Å². The Balaban J connectivity index is 1.63. The maximum atomic E-state index is 13.2. The molecule has 0 saturated heterocycles. The van der Waals surface area contributed by atoms with E-state index in [0.29, 0.717) is 5.56 Å². The number of carbonyl (C=O) groups is 1. The fourth-order valence-corrected chi connectivity index (χ4v) is 2.68. The Morgan fingerprint density at radius 2 is 1.48 bits per heavy atom. The van der Waals surface area contributed by atoms with Crippen molar-refractivity contribution >= 4 is 5.97 Å². The number of ether oxygens (including phenoxy) is 1. The van der Waals surface area contributed by atoms with E-state index < -0.39 is 17.6 Å². The van der Waals surface area contributed by atoms with Crippen LogP contribution in [0.25, 0.3) is 0 Å². The third-order valence-corrected chi connectivity index (χ3v) is 4.35. The van der Waals surface area contributed by atoms with E-state index >= 15 is 0 Å². The van der Waals surface area contributed by atoms with E-state index in [1.807, 2.05) is 12.1 Å². The monoisotopic (exact) mass is 390 g/mol. The molecule has 0 spiro atoms. The van der Waals surface area contributed by atoms with Crippen LogP contribution in [0.1, 0.15) is 46.8 Å². The van der Waals surface area contributed by atoms with Gasteiger partial charge in [0.2, 0.25) is 0 Å². The van der Waals surface area contributed by atoms with Gasteiger partial charge in [-0.05, 0) is 66.9 Å². The van der Waals surface area contributed by atoms with Crippen LogP contribution < -0.4 is 4.74 Å². The molecule has 2 nitrogen and oxygen atoms in total. The first-order valence-corrected chi connectivity index (χ1v) is 9.43. The molecule has 0 radical (unpaired) electrons. The Hall–Kier alpha value is -3.45. The van der Waals surface area contributed by atoms with Crippen molar-refractivity contribution in [3.8, 4) is 17.6 Å². The van der Waals surface area contributed by atoms with Crippen molar-refractivity contribution in [2.45, 2.75) is 26.2 Å². The molecule has 0 heterocycles. The van der Waals surface area contributed by atoms with Crippen LogP contribution in [-0.4, -0.2) is 5.97 Å². The van der Waals surface area contributed by atoms with Gasteiger partial charge in [-0.3, -0.25) is 0 Å². The molecule has 0 unspecified atom stereocenters. The molecule has 0 amide bonds. The maximum Gasteiger partial charge on any atom is 0.343 e. The summed E-state index contributed by atoms with van der Waals surface area (Å²) < 4.78 is 31.2. The molecule has 0 aliphatic rings. The second-order valence-electron chi connectivity index (χ2n) is 6.59. The highest BCUT2D eigenvalue weighted by atomic mass is 19.2. The van der Waals surface area contributed by atoms with E-state index in [-0.39, 0.29) is 5.75 Å². The van der Waals surface area contributed by atoms with Gasteiger partial charge >= 0.3 is 5.97 Å². The Morgan fingerprint density at radius 3 is 2.07 bits per heavy atom. The Labute approximate surface area is 169 Å². The Bertz CT molecular complexity index is 1040. The Morgan fingerprint density at radius 1 is 0.862 bits per heavy atom. The highest BCUT2D eigenvalue weighted by molar-refractivity contribution is 5.91. The van der Waals surface area contributed by atoms with Crippen LogP contribution in [0, 0.1) is 23.5 Å². The predicted molar refractivity (Wildman–Crippen MR) is 109 cm³/mol. The second-order valence-corrected chi connectivity index (χ2v) is 6.59. The number of unbranched alkanes of at least 4 members (excludes halogenated alkanes) is 1. The average molecular weight is 390 g/mol. The minimum absolute atomic E-state index is 0.0554. The molecule has 146 valence electrons. The summed E-state index contributed by atoms with van der Waals surface area (Å²) in [6.07, 6.45) is 3.42. The number of hydrogen-bond donors (Lipinski definition) is 0. The summed E-state index contributed by atoms with van der Waals surface area (Å²) in [5.74, 6) is 3.38. The summed E-state index contributed by atoms with van der Waals surface area (Å²) in [6, 6.07) is 17.7. The van der Waals surface area contributed by atoms with Crippen LogP contribution in [0.2, 0.25) is 0 Å². The third kappa shape index (κ3) is 5.76. The summed E-state index contributed by atoms with van der Waals surface area (Å²) in [5.41, 5.74) is 3.28. The van der Waals surface area contributed by atoms with Gasteiger partial charge in [-0.15, -0.1) is 0 Å². The fraction of sp³-hybridized carbons (Fsp3) is 0.160. The van der Waals surface area contributed by atoms with Crippen LogP contribution in [-0.2, 0) is 6.42 Å². The number of halogens is 2. The van der Waals surface area contributed by atoms with E-state index in [1.165, 1.54) is 24.5 Å². The van der Waals surface area contributed by atoms with Gasteiger partial charge in [0.25, 0.3) is 0 Å². The van der Waals surface area contributed by atoms with Gasteiger partial charge in [-0.1, -0.05) is 37.3 Å². The first kappa shape index (κ1) is 20.3. The van der Waals surface area contributed by atoms with Crippen molar-refractivity contribution in [2.75, 3.05) is 0 Å². The Kier molecular flexibility index (Phi) is 6.76. The molecule has 3 aromatic carbocycles. The van der Waals surface area contributed by atoms with E-state index in [1.54, 1.807) is 24.3 Å². The number of esters is 1. The van der Waals surface area contributed by atoms with Crippen molar-refractivity contribution in [3.05, 3.63) is 101 Å². The van der Waals surface area contributed by atoms with Crippen LogP contribution in [0.3, 0.4) is 0 Å². The molecule has 0 bridgehead atoms. The average Bonchev–Trinajstić information content (AvgIpc) is 2.74. The van der Waals surface area contributed by atoms with Crippen LogP contribution in [0.15, 0.2) is 66.7 Å². The fourth-order valence-electron chi connectivity index (χ4n) is 2.68. The molecule has 0 aromatic heterocycles. The molecule has 0 aliphatic heterocycles. The summed E-state index contributed by atoms with van der Waals surface area (Å²) >= 11 is 0. The number of benzene rings is 3. The number of hydrogen-bond acceptors (Lipinski definition) is 2. The van der Waals surface area contributed by atoms with Crippen molar-refractivity contribution in [1.29, 1.82) is 0 Å². The number of aryl methyl sites for hydroxylation is 1. The lowest BCUT2D eigenvalue weighted by atomic mass is 10.1. The van der Waals surface area contributed by atoms with Crippen LogP contribution in [0.4, 0.5) is 8.78 Å². The quantitative estimate of drug-likeness (QED) is 0.307. The second kappa shape index (κ2) is 9.66. The third-order valence-electron chi connectivity index (χ3n) is 4.35. The SMILES string of the molecule is CCCCc1ccc(C#Cc2ccc(C(=O)Oc3ccc(F)c(F)c3)cc2)cc1. The molecule has 0 atom stereocenters. The molecule has 0 N–H and O–H groups in total. The van der Waals surface area contributed by atoms with Crippen molar-refractivity contribution in [3.63, 3.8) is 0 Å². The van der Waals surface area contributed by atoms with Crippen molar-refractivity contribution in [2.24, 2.45) is 0 Å². The summed E-state index contributed by atoms with van der Waals surface area (Å²) in [4.78, 5) is 12.1. The molecule has 3 aromatic rings. The highest BCUT2D eigenvalue weighted by Gasteiger charge is 2.10. The number of carbonyl (C=O) groups excluding carboxylic acids is 1. The lowest BCUT2D eigenvalue weighted by Gasteiger charge is -2.04. The lowest BCUT2D eigenvalue weighted by molar-refractivity contribution is 0.0734. The largest absolute Gasteiger partial charge is 0.423 e. The summed E-state index contributed by atoms with van der Waals surface area (Å²) in [7, 11) is 0. The van der Waals surface area contributed by atoms with Gasteiger partial charge in [0.05, 0.1) is 5.56 Å². The van der Waals surface area contributed by atoms with E-state index in [4.69, 9.17) is 4.74 Å².